The predicted molar refractivity (Wildman–Crippen MR) is 36.5 cm³/mol. The van der Waals surface area contributed by atoms with Crippen LogP contribution in [0, 0.1) is 0 Å². The van der Waals surface area contributed by atoms with Gasteiger partial charge in [0.25, 0.3) is 0 Å². The quantitative estimate of drug-likeness (QED) is 0.401. The van der Waals surface area contributed by atoms with Gasteiger partial charge in [-0.05, 0) is 0 Å². The van der Waals surface area contributed by atoms with Crippen molar-refractivity contribution in [3.63, 3.8) is 0 Å². The van der Waals surface area contributed by atoms with E-state index in [0.29, 0.717) is 0 Å². The van der Waals surface area contributed by atoms with Crippen molar-refractivity contribution in [2.24, 2.45) is 0 Å². The summed E-state index contributed by atoms with van der Waals surface area (Å²) in [6, 6.07) is 0. The third kappa shape index (κ3) is 68.9. The monoisotopic (exact) mass is 169 g/mol. The Morgan fingerprint density at radius 3 is 0.625 bits per heavy atom. The summed E-state index contributed by atoms with van der Waals surface area (Å²) in [4.78, 5) is 0. The Labute approximate surface area is 125 Å². The van der Waals surface area contributed by atoms with Crippen molar-refractivity contribution >= 4 is 37.7 Å². The number of hydrogen-bond acceptors (Lipinski definition) is 0. The maximum absolute atomic E-state index is 5.75. The molecule has 0 unspecified atom stereocenters. The Morgan fingerprint density at radius 2 is 0.625 bits per heavy atom. The first kappa shape index (κ1) is 30.9. The van der Waals surface area contributed by atoms with Crippen LogP contribution in [0.25, 0.3) is 17.2 Å². The SMILES string of the molecule is C[NH-].C[NH-].C[NH-].[Ca+2].[K+]. The molecule has 42 valence electrons. The average molecular weight is 169 g/mol. The zero-order valence-electron chi connectivity index (χ0n) is 6.21. The summed E-state index contributed by atoms with van der Waals surface area (Å²) in [6.07, 6.45) is 0. The summed E-state index contributed by atoms with van der Waals surface area (Å²) in [6.45, 7) is 0. The minimum absolute atomic E-state index is 0. The van der Waals surface area contributed by atoms with Gasteiger partial charge in [-0.25, -0.2) is 0 Å². The first-order valence-corrected chi connectivity index (χ1v) is 1.50. The Kier molecular flexibility index (Phi) is 377. The molecule has 5 heteroatoms. The fourth-order valence-corrected chi connectivity index (χ4v) is 0. The second-order valence-corrected chi connectivity index (χ2v) is 0. The molecule has 0 atom stereocenters. The van der Waals surface area contributed by atoms with Gasteiger partial charge in [-0.1, -0.05) is 0 Å². The van der Waals surface area contributed by atoms with E-state index in [1.165, 1.54) is 21.1 Å². The summed E-state index contributed by atoms with van der Waals surface area (Å²) in [5.74, 6) is 0. The van der Waals surface area contributed by atoms with Crippen LogP contribution < -0.4 is 51.4 Å². The Balaban J connectivity index is -0.00000000500. The summed E-state index contributed by atoms with van der Waals surface area (Å²) in [7, 11) is 3.75. The van der Waals surface area contributed by atoms with Gasteiger partial charge in [-0.2, -0.15) is 21.1 Å². The molecule has 0 heterocycles. The maximum atomic E-state index is 5.75. The van der Waals surface area contributed by atoms with Crippen molar-refractivity contribution in [2.75, 3.05) is 21.1 Å². The minimum Gasteiger partial charge on any atom is -0.680 e. The predicted octanol–water partition coefficient (Wildman–Crippen LogP) is -1.37. The van der Waals surface area contributed by atoms with E-state index >= 15 is 0 Å². The van der Waals surface area contributed by atoms with Crippen LogP contribution in [0.5, 0.6) is 0 Å². The Morgan fingerprint density at radius 1 is 0.625 bits per heavy atom. The molecule has 0 spiro atoms. The van der Waals surface area contributed by atoms with E-state index in [2.05, 4.69) is 0 Å². The van der Waals surface area contributed by atoms with E-state index < -0.39 is 0 Å². The standard InChI is InChI=1S/3CH4N.Ca.K/c3*1-2;;/h3*2H,1H3;;/q3*-1;+2;+1. The third-order valence-electron chi connectivity index (χ3n) is 0. The van der Waals surface area contributed by atoms with E-state index in [1.807, 2.05) is 0 Å². The van der Waals surface area contributed by atoms with Gasteiger partial charge in [0, 0.05) is 0 Å². The number of nitrogens with one attached hydrogen (secondary N) is 3. The van der Waals surface area contributed by atoms with E-state index in [0.717, 1.165) is 0 Å². The summed E-state index contributed by atoms with van der Waals surface area (Å²) in [5, 5.41) is 0. The molecule has 3 nitrogen and oxygen atoms in total. The van der Waals surface area contributed by atoms with Gasteiger partial charge in [-0.3, -0.25) is 0 Å². The van der Waals surface area contributed by atoms with Crippen LogP contribution in [-0.4, -0.2) is 58.9 Å². The minimum atomic E-state index is 0. The second-order valence-electron chi connectivity index (χ2n) is 0. The van der Waals surface area contributed by atoms with Crippen LogP contribution in [0.4, 0.5) is 0 Å². The zero-order valence-corrected chi connectivity index (χ0v) is 11.5. The van der Waals surface area contributed by atoms with Crippen molar-refractivity contribution < 1.29 is 51.4 Å². The Hall–Kier alpha value is 2.78. The molecule has 0 saturated heterocycles. The summed E-state index contributed by atoms with van der Waals surface area (Å²) >= 11 is 0. The van der Waals surface area contributed by atoms with Crippen LogP contribution in [-0.2, 0) is 0 Å². The smallest absolute Gasteiger partial charge is 0.680 e. The topological polar surface area (TPSA) is 71.4 Å². The number of hydrogen-bond donors (Lipinski definition) is 0. The van der Waals surface area contributed by atoms with Crippen molar-refractivity contribution in [3.8, 4) is 0 Å². The van der Waals surface area contributed by atoms with Crippen LogP contribution >= 0.6 is 0 Å². The third-order valence-corrected chi connectivity index (χ3v) is 0. The van der Waals surface area contributed by atoms with Crippen molar-refractivity contribution in [1.29, 1.82) is 0 Å². The van der Waals surface area contributed by atoms with E-state index in [9.17, 15) is 0 Å². The van der Waals surface area contributed by atoms with E-state index in [-0.39, 0.29) is 89.1 Å². The molecule has 0 aromatic carbocycles. The zero-order chi connectivity index (χ0) is 6.00. The van der Waals surface area contributed by atoms with Gasteiger partial charge in [0.05, 0.1) is 0 Å². The molecule has 0 bridgehead atoms. The average Bonchev–Trinajstić information content (AvgIpc) is 1.81. The van der Waals surface area contributed by atoms with Gasteiger partial charge in [0.1, 0.15) is 0 Å². The van der Waals surface area contributed by atoms with Crippen molar-refractivity contribution in [2.45, 2.75) is 0 Å². The molecule has 0 radical (unpaired) electrons. The molecule has 0 rings (SSSR count). The summed E-state index contributed by atoms with van der Waals surface area (Å²) < 4.78 is 0. The van der Waals surface area contributed by atoms with E-state index in [4.69, 9.17) is 17.2 Å². The molecule has 0 amide bonds. The van der Waals surface area contributed by atoms with Gasteiger partial charge in [0.2, 0.25) is 0 Å². The molecule has 0 aromatic rings. The van der Waals surface area contributed by atoms with Crippen molar-refractivity contribution in [3.05, 3.63) is 17.2 Å². The molecule has 0 aliphatic rings. The maximum Gasteiger partial charge on any atom is 2.00 e. The number of rotatable bonds is 0. The molecule has 3 N–H and O–H groups in total. The first-order valence-electron chi connectivity index (χ1n) is 1.50. The van der Waals surface area contributed by atoms with Gasteiger partial charge < -0.3 is 17.2 Å². The van der Waals surface area contributed by atoms with Crippen LogP contribution in [0.3, 0.4) is 0 Å². The summed E-state index contributed by atoms with van der Waals surface area (Å²) in [5.41, 5.74) is 17.2. The van der Waals surface area contributed by atoms with Gasteiger partial charge in [-0.15, -0.1) is 0 Å². The van der Waals surface area contributed by atoms with Crippen molar-refractivity contribution in [1.82, 2.24) is 0 Å². The molecule has 0 fully saturated rings. The normalized spacial score (nSPS) is 2.25. The largest absolute Gasteiger partial charge is 2.00 e. The molecule has 8 heavy (non-hydrogen) atoms. The molecule has 0 aliphatic heterocycles. The van der Waals surface area contributed by atoms with Gasteiger partial charge in [0.15, 0.2) is 0 Å². The van der Waals surface area contributed by atoms with Crippen LogP contribution in [0.15, 0.2) is 0 Å². The molecular formula is C3H12CaKN3. The fraction of sp³-hybridized carbons (Fsp3) is 1.00. The molecule has 0 aromatic heterocycles. The van der Waals surface area contributed by atoms with E-state index in [1.54, 1.807) is 0 Å². The second kappa shape index (κ2) is 97.7. The van der Waals surface area contributed by atoms with Crippen LogP contribution in [0.1, 0.15) is 0 Å². The molecule has 0 saturated carbocycles. The Bertz CT molecular complexity index is 14.5. The molecule has 0 aliphatic carbocycles. The first-order chi connectivity index (χ1) is 3.00. The van der Waals surface area contributed by atoms with Gasteiger partial charge >= 0.3 is 89.1 Å². The van der Waals surface area contributed by atoms with Crippen LogP contribution in [0.2, 0.25) is 0 Å². The molecular weight excluding hydrogens is 157 g/mol. The fourth-order valence-electron chi connectivity index (χ4n) is 0.